The van der Waals surface area contributed by atoms with Gasteiger partial charge in [0.25, 0.3) is 0 Å². The molecule has 1 atom stereocenters. The lowest BCUT2D eigenvalue weighted by Crippen LogP contribution is -2.20. The molecule has 1 aliphatic rings. The molecule has 1 unspecified atom stereocenters. The van der Waals surface area contributed by atoms with Gasteiger partial charge in [0.2, 0.25) is 0 Å². The first-order valence-corrected chi connectivity index (χ1v) is 6.55. The lowest BCUT2D eigenvalue weighted by molar-refractivity contribution is 0.112. The summed E-state index contributed by atoms with van der Waals surface area (Å²) in [4.78, 5) is 19.3. The van der Waals surface area contributed by atoms with Gasteiger partial charge in [-0.15, -0.1) is 0 Å². The second kappa shape index (κ2) is 4.84. The van der Waals surface area contributed by atoms with Crippen LogP contribution in [0.5, 0.6) is 0 Å². The maximum atomic E-state index is 11.1. The average Bonchev–Trinajstić information content (AvgIpc) is 2.57. The average molecular weight is 268 g/mol. The fraction of sp³-hybridized carbons (Fsp3) is 0.615. The van der Waals surface area contributed by atoms with Crippen molar-refractivity contribution in [2.45, 2.75) is 46.1 Å². The Labute approximate surface area is 112 Å². The Morgan fingerprint density at radius 1 is 1.44 bits per heavy atom. The molecule has 0 spiro atoms. The molecule has 0 radical (unpaired) electrons. The largest absolute Gasteiger partial charge is 0.367 e. The number of carbonyl (C=O) groups is 1. The summed E-state index contributed by atoms with van der Waals surface area (Å²) >= 11 is 5.95. The van der Waals surface area contributed by atoms with Crippen molar-refractivity contribution in [3.8, 4) is 0 Å². The normalized spacial score (nSPS) is 21.9. The van der Waals surface area contributed by atoms with Gasteiger partial charge in [-0.1, -0.05) is 25.4 Å². The highest BCUT2D eigenvalue weighted by Crippen LogP contribution is 2.38. The Morgan fingerprint density at radius 2 is 2.17 bits per heavy atom. The maximum Gasteiger partial charge on any atom is 0.156 e. The van der Waals surface area contributed by atoms with Crippen LogP contribution in [0, 0.1) is 12.3 Å². The highest BCUT2D eigenvalue weighted by Gasteiger charge is 2.31. The van der Waals surface area contributed by atoms with E-state index in [-0.39, 0.29) is 5.15 Å². The van der Waals surface area contributed by atoms with E-state index >= 15 is 0 Å². The van der Waals surface area contributed by atoms with Crippen LogP contribution in [0.4, 0.5) is 5.82 Å². The van der Waals surface area contributed by atoms with Crippen LogP contribution in [0.25, 0.3) is 0 Å². The first-order chi connectivity index (χ1) is 8.41. The number of halogens is 1. The summed E-state index contributed by atoms with van der Waals surface area (Å²) in [5, 5.41) is 3.55. The van der Waals surface area contributed by atoms with Crippen LogP contribution in [0.1, 0.15) is 49.3 Å². The van der Waals surface area contributed by atoms with Crippen LogP contribution in [-0.2, 0) is 0 Å². The third-order valence-electron chi connectivity index (χ3n) is 3.44. The minimum Gasteiger partial charge on any atom is -0.367 e. The van der Waals surface area contributed by atoms with Gasteiger partial charge < -0.3 is 5.32 Å². The minimum atomic E-state index is 0.220. The molecule has 98 valence electrons. The molecule has 0 bridgehead atoms. The quantitative estimate of drug-likeness (QED) is 0.675. The van der Waals surface area contributed by atoms with Gasteiger partial charge in [0.05, 0.1) is 5.56 Å². The van der Waals surface area contributed by atoms with Gasteiger partial charge in [0.15, 0.2) is 6.29 Å². The van der Waals surface area contributed by atoms with E-state index in [2.05, 4.69) is 29.1 Å². The van der Waals surface area contributed by atoms with Crippen LogP contribution in [0.2, 0.25) is 5.15 Å². The van der Waals surface area contributed by atoms with E-state index in [4.69, 9.17) is 11.6 Å². The predicted octanol–water partition coefficient (Wildman–Crippen LogP) is 3.24. The van der Waals surface area contributed by atoms with E-state index in [1.807, 2.05) is 0 Å². The number of rotatable bonds is 3. The zero-order chi connectivity index (χ0) is 13.3. The zero-order valence-corrected chi connectivity index (χ0v) is 11.7. The van der Waals surface area contributed by atoms with Crippen molar-refractivity contribution in [3.63, 3.8) is 0 Å². The molecular formula is C13H18ClN3O. The number of aryl methyl sites for hydroxylation is 1. The summed E-state index contributed by atoms with van der Waals surface area (Å²) < 4.78 is 0. The predicted molar refractivity (Wildman–Crippen MR) is 72.2 cm³/mol. The summed E-state index contributed by atoms with van der Waals surface area (Å²) in [6.45, 7) is 6.28. The Kier molecular flexibility index (Phi) is 3.57. The molecule has 0 aliphatic heterocycles. The van der Waals surface area contributed by atoms with Crippen molar-refractivity contribution in [3.05, 3.63) is 16.5 Å². The second-order valence-electron chi connectivity index (χ2n) is 5.69. The molecule has 1 N–H and O–H groups in total. The van der Waals surface area contributed by atoms with Crippen LogP contribution in [0.3, 0.4) is 0 Å². The lowest BCUT2D eigenvalue weighted by Gasteiger charge is -2.19. The van der Waals surface area contributed by atoms with Gasteiger partial charge >= 0.3 is 0 Å². The number of nitrogens with zero attached hydrogens (tertiary/aromatic N) is 2. The molecule has 1 aromatic rings. The summed E-state index contributed by atoms with van der Waals surface area (Å²) in [6, 6.07) is 0.351. The first kappa shape index (κ1) is 13.3. The van der Waals surface area contributed by atoms with Gasteiger partial charge in [0, 0.05) is 6.04 Å². The molecule has 2 rings (SSSR count). The lowest BCUT2D eigenvalue weighted by atomic mass is 9.92. The molecule has 1 heterocycles. The number of anilines is 1. The number of hydrogen-bond acceptors (Lipinski definition) is 4. The molecule has 1 aliphatic carbocycles. The summed E-state index contributed by atoms with van der Waals surface area (Å²) in [5.41, 5.74) is 0.706. The standard InChI is InChI=1S/C13H18ClN3O/c1-8-15-11(14)10(7-18)12(16-8)17-9-4-5-13(2,3)6-9/h7,9H,4-6H2,1-3H3,(H,15,16,17). The number of nitrogens with one attached hydrogen (secondary N) is 1. The van der Waals surface area contributed by atoms with Gasteiger partial charge in [-0.2, -0.15) is 0 Å². The maximum absolute atomic E-state index is 11.1. The molecule has 1 saturated carbocycles. The molecular weight excluding hydrogens is 250 g/mol. The van der Waals surface area contributed by atoms with Crippen molar-refractivity contribution < 1.29 is 4.79 Å². The zero-order valence-electron chi connectivity index (χ0n) is 11.0. The van der Waals surface area contributed by atoms with Gasteiger partial charge in [0.1, 0.15) is 16.8 Å². The third-order valence-corrected chi connectivity index (χ3v) is 3.73. The molecule has 4 nitrogen and oxygen atoms in total. The fourth-order valence-electron chi connectivity index (χ4n) is 2.51. The van der Waals surface area contributed by atoms with Crippen LogP contribution >= 0.6 is 11.6 Å². The third kappa shape index (κ3) is 2.80. The molecule has 0 aromatic carbocycles. The van der Waals surface area contributed by atoms with E-state index in [0.29, 0.717) is 34.9 Å². The molecule has 5 heteroatoms. The summed E-state index contributed by atoms with van der Waals surface area (Å²) in [5.74, 6) is 1.13. The second-order valence-corrected chi connectivity index (χ2v) is 6.05. The minimum absolute atomic E-state index is 0.220. The Hall–Kier alpha value is -1.16. The topological polar surface area (TPSA) is 54.9 Å². The van der Waals surface area contributed by atoms with E-state index in [0.717, 1.165) is 12.8 Å². The number of aromatic nitrogens is 2. The monoisotopic (exact) mass is 267 g/mol. The first-order valence-electron chi connectivity index (χ1n) is 6.17. The summed E-state index contributed by atoms with van der Waals surface area (Å²) in [6.07, 6.45) is 4.06. The van der Waals surface area contributed by atoms with E-state index in [9.17, 15) is 4.79 Å². The van der Waals surface area contributed by atoms with Crippen molar-refractivity contribution in [1.29, 1.82) is 0 Å². The van der Waals surface area contributed by atoms with Crippen LogP contribution in [-0.4, -0.2) is 22.3 Å². The molecule has 1 aromatic heterocycles. The van der Waals surface area contributed by atoms with Crippen LogP contribution < -0.4 is 5.32 Å². The van der Waals surface area contributed by atoms with E-state index in [1.165, 1.54) is 6.42 Å². The molecule has 0 saturated heterocycles. The molecule has 0 amide bonds. The number of hydrogen-bond donors (Lipinski definition) is 1. The molecule has 18 heavy (non-hydrogen) atoms. The van der Waals surface area contributed by atoms with Gasteiger partial charge in [-0.25, -0.2) is 9.97 Å². The number of carbonyl (C=O) groups excluding carboxylic acids is 1. The smallest absolute Gasteiger partial charge is 0.156 e. The highest BCUT2D eigenvalue weighted by molar-refractivity contribution is 6.32. The SMILES string of the molecule is Cc1nc(Cl)c(C=O)c(NC2CCC(C)(C)C2)n1. The number of aldehydes is 1. The van der Waals surface area contributed by atoms with E-state index in [1.54, 1.807) is 6.92 Å². The highest BCUT2D eigenvalue weighted by atomic mass is 35.5. The van der Waals surface area contributed by atoms with Gasteiger partial charge in [-0.3, -0.25) is 4.79 Å². The Bertz CT molecular complexity index is 474. The van der Waals surface area contributed by atoms with Crippen molar-refractivity contribution in [1.82, 2.24) is 9.97 Å². The van der Waals surface area contributed by atoms with Crippen molar-refractivity contribution in [2.75, 3.05) is 5.32 Å². The van der Waals surface area contributed by atoms with Gasteiger partial charge in [-0.05, 0) is 31.6 Å². The van der Waals surface area contributed by atoms with Crippen molar-refractivity contribution >= 4 is 23.7 Å². The van der Waals surface area contributed by atoms with E-state index < -0.39 is 0 Å². The Balaban J connectivity index is 2.21. The van der Waals surface area contributed by atoms with Crippen molar-refractivity contribution in [2.24, 2.45) is 5.41 Å². The Morgan fingerprint density at radius 3 is 2.72 bits per heavy atom. The fourth-order valence-corrected chi connectivity index (χ4v) is 2.77. The van der Waals surface area contributed by atoms with Crippen LogP contribution in [0.15, 0.2) is 0 Å². The summed E-state index contributed by atoms with van der Waals surface area (Å²) in [7, 11) is 0. The molecule has 1 fully saturated rings.